The van der Waals surface area contributed by atoms with Crippen molar-refractivity contribution < 1.29 is 4.74 Å². The molecule has 1 rings (SSSR count). The van der Waals surface area contributed by atoms with E-state index in [1.165, 1.54) is 5.56 Å². The van der Waals surface area contributed by atoms with Crippen LogP contribution in [0, 0.1) is 0 Å². The molecule has 1 nitrogen and oxygen atoms in total. The van der Waals surface area contributed by atoms with Gasteiger partial charge in [-0.15, -0.1) is 6.58 Å². The number of benzene rings is 1. The van der Waals surface area contributed by atoms with Crippen LogP contribution in [0.4, 0.5) is 0 Å². The SMILES string of the molecule is C=CC/C=C/CCC(OCc1ccccc1)C(Br)Br. The fraction of sp³-hybridized carbons (Fsp3) is 0.375. The second kappa shape index (κ2) is 10.4. The lowest BCUT2D eigenvalue weighted by Crippen LogP contribution is -2.19. The molecule has 0 saturated carbocycles. The van der Waals surface area contributed by atoms with E-state index in [4.69, 9.17) is 4.74 Å². The Labute approximate surface area is 133 Å². The molecule has 0 radical (unpaired) electrons. The molecule has 0 aromatic heterocycles. The lowest BCUT2D eigenvalue weighted by Gasteiger charge is -2.18. The van der Waals surface area contributed by atoms with Crippen molar-refractivity contribution in [3.05, 3.63) is 60.7 Å². The topological polar surface area (TPSA) is 9.23 Å². The van der Waals surface area contributed by atoms with Crippen molar-refractivity contribution in [2.45, 2.75) is 35.7 Å². The van der Waals surface area contributed by atoms with E-state index < -0.39 is 0 Å². The molecule has 0 heterocycles. The average molecular weight is 388 g/mol. The van der Waals surface area contributed by atoms with E-state index in [2.05, 4.69) is 62.7 Å². The number of halogens is 2. The van der Waals surface area contributed by atoms with Crippen molar-refractivity contribution in [2.75, 3.05) is 0 Å². The van der Waals surface area contributed by atoms with Gasteiger partial charge >= 0.3 is 0 Å². The summed E-state index contributed by atoms with van der Waals surface area (Å²) < 4.78 is 6.13. The zero-order chi connectivity index (χ0) is 13.9. The number of hydrogen-bond donors (Lipinski definition) is 0. The molecule has 1 aromatic rings. The molecule has 0 fully saturated rings. The Bertz CT molecular complexity index is 374. The van der Waals surface area contributed by atoms with E-state index in [0.29, 0.717) is 6.61 Å². The van der Waals surface area contributed by atoms with Gasteiger partial charge in [0.15, 0.2) is 0 Å². The van der Waals surface area contributed by atoms with Gasteiger partial charge in [-0.2, -0.15) is 0 Å². The molecule has 1 atom stereocenters. The normalized spacial score (nSPS) is 13.0. The van der Waals surface area contributed by atoms with E-state index in [0.717, 1.165) is 19.3 Å². The minimum absolute atomic E-state index is 0.161. The van der Waals surface area contributed by atoms with Crippen LogP contribution in [0.5, 0.6) is 0 Å². The monoisotopic (exact) mass is 386 g/mol. The molecule has 1 unspecified atom stereocenters. The summed E-state index contributed by atoms with van der Waals surface area (Å²) in [5.74, 6) is 0. The van der Waals surface area contributed by atoms with Crippen molar-refractivity contribution in [2.24, 2.45) is 0 Å². The number of ether oxygens (including phenoxy) is 1. The number of alkyl halides is 2. The lowest BCUT2D eigenvalue weighted by atomic mass is 10.2. The molecule has 0 N–H and O–H groups in total. The molecule has 0 aliphatic carbocycles. The van der Waals surface area contributed by atoms with Gasteiger partial charge in [0.05, 0.1) is 16.4 Å². The van der Waals surface area contributed by atoms with Crippen LogP contribution >= 0.6 is 31.9 Å². The second-order valence-electron chi connectivity index (χ2n) is 4.24. The molecular weight excluding hydrogens is 368 g/mol. The molecular formula is C16H20Br2O. The van der Waals surface area contributed by atoms with Crippen LogP contribution < -0.4 is 0 Å². The molecule has 19 heavy (non-hydrogen) atoms. The predicted octanol–water partition coefficient (Wildman–Crippen LogP) is 5.60. The summed E-state index contributed by atoms with van der Waals surface area (Å²) in [5.41, 5.74) is 1.20. The molecule has 104 valence electrons. The van der Waals surface area contributed by atoms with Gasteiger partial charge in [-0.05, 0) is 24.8 Å². The molecule has 0 aliphatic rings. The highest BCUT2D eigenvalue weighted by molar-refractivity contribution is 9.24. The van der Waals surface area contributed by atoms with E-state index in [-0.39, 0.29) is 9.84 Å². The first-order valence-corrected chi connectivity index (χ1v) is 8.26. The Balaban J connectivity index is 2.34. The Hall–Kier alpha value is -0.380. The zero-order valence-corrected chi connectivity index (χ0v) is 14.1. The first kappa shape index (κ1) is 16.7. The maximum absolute atomic E-state index is 5.95. The van der Waals surface area contributed by atoms with Gasteiger partial charge in [0, 0.05) is 0 Å². The maximum Gasteiger partial charge on any atom is 0.0959 e. The third kappa shape index (κ3) is 7.71. The number of hydrogen-bond acceptors (Lipinski definition) is 1. The van der Waals surface area contributed by atoms with Crippen LogP contribution in [0.1, 0.15) is 24.8 Å². The average Bonchev–Trinajstić information content (AvgIpc) is 2.42. The standard InChI is InChI=1S/C16H20Br2O/c1-2-3-4-5-9-12-15(16(17)18)19-13-14-10-7-6-8-11-14/h2,4-8,10-11,15-16H,1,3,9,12-13H2/b5-4+. The first-order valence-electron chi connectivity index (χ1n) is 6.43. The Morgan fingerprint density at radius 3 is 2.53 bits per heavy atom. The molecule has 1 aromatic carbocycles. The summed E-state index contributed by atoms with van der Waals surface area (Å²) in [4.78, 5) is 0. The minimum Gasteiger partial charge on any atom is -0.371 e. The van der Waals surface area contributed by atoms with E-state index in [9.17, 15) is 0 Å². The zero-order valence-electron chi connectivity index (χ0n) is 11.0. The molecule has 0 saturated heterocycles. The summed E-state index contributed by atoms with van der Waals surface area (Å²) >= 11 is 7.10. The van der Waals surface area contributed by atoms with Gasteiger partial charge in [0.1, 0.15) is 0 Å². The van der Waals surface area contributed by atoms with Gasteiger partial charge in [0.25, 0.3) is 0 Å². The number of allylic oxidation sites excluding steroid dienone is 3. The fourth-order valence-corrected chi connectivity index (χ4v) is 2.46. The number of rotatable bonds is 9. The molecule has 3 heteroatoms. The lowest BCUT2D eigenvalue weighted by molar-refractivity contribution is 0.0483. The Kier molecular flexibility index (Phi) is 9.14. The van der Waals surface area contributed by atoms with Crippen molar-refractivity contribution in [1.82, 2.24) is 0 Å². The molecule has 0 spiro atoms. The highest BCUT2D eigenvalue weighted by atomic mass is 79.9. The molecule has 0 amide bonds. The van der Waals surface area contributed by atoms with Gasteiger partial charge in [-0.1, -0.05) is 80.4 Å². The second-order valence-corrected chi connectivity index (χ2v) is 7.44. The summed E-state index contributed by atoms with van der Waals surface area (Å²) in [6.45, 7) is 4.34. The highest BCUT2D eigenvalue weighted by Crippen LogP contribution is 2.22. The van der Waals surface area contributed by atoms with E-state index in [1.807, 2.05) is 24.3 Å². The minimum atomic E-state index is 0.161. The predicted molar refractivity (Wildman–Crippen MR) is 89.8 cm³/mol. The van der Waals surface area contributed by atoms with Crippen LogP contribution in [0.15, 0.2) is 55.1 Å². The van der Waals surface area contributed by atoms with Crippen molar-refractivity contribution in [1.29, 1.82) is 0 Å². The van der Waals surface area contributed by atoms with Crippen LogP contribution in [-0.2, 0) is 11.3 Å². The van der Waals surface area contributed by atoms with Crippen molar-refractivity contribution >= 4 is 31.9 Å². The largest absolute Gasteiger partial charge is 0.371 e. The van der Waals surface area contributed by atoms with Crippen molar-refractivity contribution in [3.63, 3.8) is 0 Å². The van der Waals surface area contributed by atoms with E-state index in [1.54, 1.807) is 0 Å². The maximum atomic E-state index is 5.95. The van der Waals surface area contributed by atoms with Gasteiger partial charge in [-0.25, -0.2) is 0 Å². The quantitative estimate of drug-likeness (QED) is 0.395. The Morgan fingerprint density at radius 2 is 1.89 bits per heavy atom. The van der Waals surface area contributed by atoms with Crippen LogP contribution in [0.3, 0.4) is 0 Å². The molecule has 0 bridgehead atoms. The van der Waals surface area contributed by atoms with Crippen molar-refractivity contribution in [3.8, 4) is 0 Å². The van der Waals surface area contributed by atoms with Crippen LogP contribution in [0.2, 0.25) is 0 Å². The summed E-state index contributed by atoms with van der Waals surface area (Å²) in [6.07, 6.45) is 9.32. The third-order valence-electron chi connectivity index (χ3n) is 2.68. The molecule has 0 aliphatic heterocycles. The first-order chi connectivity index (χ1) is 9.24. The van der Waals surface area contributed by atoms with E-state index >= 15 is 0 Å². The highest BCUT2D eigenvalue weighted by Gasteiger charge is 2.15. The van der Waals surface area contributed by atoms with Crippen LogP contribution in [-0.4, -0.2) is 9.84 Å². The van der Waals surface area contributed by atoms with Gasteiger partial charge in [-0.3, -0.25) is 0 Å². The smallest absolute Gasteiger partial charge is 0.0959 e. The van der Waals surface area contributed by atoms with Gasteiger partial charge in [0.2, 0.25) is 0 Å². The summed E-state index contributed by atoms with van der Waals surface area (Å²) in [5, 5.41) is 0. The van der Waals surface area contributed by atoms with Gasteiger partial charge < -0.3 is 4.74 Å². The summed E-state index contributed by atoms with van der Waals surface area (Å²) in [7, 11) is 0. The van der Waals surface area contributed by atoms with Crippen LogP contribution in [0.25, 0.3) is 0 Å². The third-order valence-corrected chi connectivity index (χ3v) is 3.85. The fourth-order valence-electron chi connectivity index (χ4n) is 1.63. The Morgan fingerprint density at radius 1 is 1.16 bits per heavy atom. The summed E-state index contributed by atoms with van der Waals surface area (Å²) in [6, 6.07) is 10.2.